The molecule has 0 saturated heterocycles. The fourth-order valence-corrected chi connectivity index (χ4v) is 1.45. The van der Waals surface area contributed by atoms with E-state index in [1.165, 1.54) is 0 Å². The number of aryl methyl sites for hydroxylation is 1. The second-order valence-electron chi connectivity index (χ2n) is 3.96. The molecule has 1 aromatic heterocycles. The summed E-state index contributed by atoms with van der Waals surface area (Å²) < 4.78 is 2.13. The molecule has 1 atom stereocenters. The van der Waals surface area contributed by atoms with Gasteiger partial charge >= 0.3 is 0 Å². The molecule has 1 heterocycles. The highest BCUT2D eigenvalue weighted by Gasteiger charge is 2.05. The summed E-state index contributed by atoms with van der Waals surface area (Å²) in [6, 6.07) is 0.0665. The summed E-state index contributed by atoms with van der Waals surface area (Å²) in [5, 5.41) is 0. The standard InChI is InChI=1S/C10H20N4/c1-9(11)10-7-12-8-14(10)6-4-5-13(2)3/h7-9H,4-6,11H2,1-3H3. The number of hydrogen-bond acceptors (Lipinski definition) is 3. The van der Waals surface area contributed by atoms with E-state index in [-0.39, 0.29) is 6.04 Å². The van der Waals surface area contributed by atoms with Gasteiger partial charge in [-0.3, -0.25) is 0 Å². The van der Waals surface area contributed by atoms with Crippen molar-refractivity contribution < 1.29 is 0 Å². The first-order valence-corrected chi connectivity index (χ1v) is 5.01. The van der Waals surface area contributed by atoms with Gasteiger partial charge in [0.05, 0.1) is 12.0 Å². The first kappa shape index (κ1) is 11.2. The Hall–Kier alpha value is -0.870. The maximum absolute atomic E-state index is 5.82. The van der Waals surface area contributed by atoms with Gasteiger partial charge in [0.15, 0.2) is 0 Å². The first-order chi connectivity index (χ1) is 6.61. The van der Waals surface area contributed by atoms with Crippen molar-refractivity contribution in [2.24, 2.45) is 5.73 Å². The minimum Gasteiger partial charge on any atom is -0.333 e. The fraction of sp³-hybridized carbons (Fsp3) is 0.700. The highest BCUT2D eigenvalue weighted by molar-refractivity contribution is 5.02. The Morgan fingerprint density at radius 1 is 1.57 bits per heavy atom. The summed E-state index contributed by atoms with van der Waals surface area (Å²) in [6.45, 7) is 4.07. The zero-order chi connectivity index (χ0) is 10.6. The molecule has 0 radical (unpaired) electrons. The lowest BCUT2D eigenvalue weighted by Gasteiger charge is -2.12. The normalized spacial score (nSPS) is 13.5. The quantitative estimate of drug-likeness (QED) is 0.759. The van der Waals surface area contributed by atoms with Gasteiger partial charge in [0.25, 0.3) is 0 Å². The van der Waals surface area contributed by atoms with Gasteiger partial charge in [-0.1, -0.05) is 0 Å². The van der Waals surface area contributed by atoms with E-state index in [1.54, 1.807) is 0 Å². The lowest BCUT2D eigenvalue weighted by Crippen LogP contribution is -2.17. The number of aromatic nitrogens is 2. The Labute approximate surface area is 85.7 Å². The number of nitrogens with two attached hydrogens (primary N) is 1. The Bertz CT molecular complexity index is 265. The molecule has 1 aromatic rings. The minimum atomic E-state index is 0.0665. The van der Waals surface area contributed by atoms with Gasteiger partial charge in [0, 0.05) is 18.8 Å². The van der Waals surface area contributed by atoms with Crippen LogP contribution in [0.15, 0.2) is 12.5 Å². The highest BCUT2D eigenvalue weighted by Crippen LogP contribution is 2.08. The molecule has 80 valence electrons. The van der Waals surface area contributed by atoms with Crippen LogP contribution in [-0.2, 0) is 6.54 Å². The molecule has 4 heteroatoms. The average molecular weight is 196 g/mol. The van der Waals surface area contributed by atoms with Crippen molar-refractivity contribution >= 4 is 0 Å². The molecule has 0 spiro atoms. The van der Waals surface area contributed by atoms with Crippen LogP contribution in [0, 0.1) is 0 Å². The predicted molar refractivity (Wildman–Crippen MR) is 58.0 cm³/mol. The van der Waals surface area contributed by atoms with Crippen molar-refractivity contribution in [1.29, 1.82) is 0 Å². The van der Waals surface area contributed by atoms with Gasteiger partial charge in [-0.25, -0.2) is 4.98 Å². The summed E-state index contributed by atoms with van der Waals surface area (Å²) in [6.07, 6.45) is 4.83. The molecule has 0 aliphatic carbocycles. The lowest BCUT2D eigenvalue weighted by molar-refractivity contribution is 0.384. The van der Waals surface area contributed by atoms with Crippen LogP contribution >= 0.6 is 0 Å². The maximum Gasteiger partial charge on any atom is 0.0948 e. The summed E-state index contributed by atoms with van der Waals surface area (Å²) in [7, 11) is 4.17. The number of hydrogen-bond donors (Lipinski definition) is 1. The van der Waals surface area contributed by atoms with Gasteiger partial charge < -0.3 is 15.2 Å². The summed E-state index contributed by atoms with van der Waals surface area (Å²) in [5.74, 6) is 0. The minimum absolute atomic E-state index is 0.0665. The number of imidazole rings is 1. The fourth-order valence-electron chi connectivity index (χ4n) is 1.45. The summed E-state index contributed by atoms with van der Waals surface area (Å²) in [4.78, 5) is 6.29. The summed E-state index contributed by atoms with van der Waals surface area (Å²) in [5.41, 5.74) is 6.93. The smallest absolute Gasteiger partial charge is 0.0948 e. The zero-order valence-electron chi connectivity index (χ0n) is 9.27. The van der Waals surface area contributed by atoms with Crippen LogP contribution in [-0.4, -0.2) is 35.1 Å². The Kier molecular flexibility index (Phi) is 4.10. The van der Waals surface area contributed by atoms with Crippen molar-refractivity contribution in [3.8, 4) is 0 Å². The van der Waals surface area contributed by atoms with E-state index >= 15 is 0 Å². The molecular formula is C10H20N4. The van der Waals surface area contributed by atoms with E-state index in [4.69, 9.17) is 5.73 Å². The molecule has 0 fully saturated rings. The van der Waals surface area contributed by atoms with Gasteiger partial charge in [-0.05, 0) is 34.0 Å². The lowest BCUT2D eigenvalue weighted by atomic mass is 10.2. The van der Waals surface area contributed by atoms with Crippen molar-refractivity contribution in [3.63, 3.8) is 0 Å². The Morgan fingerprint density at radius 2 is 2.29 bits per heavy atom. The third-order valence-electron chi connectivity index (χ3n) is 2.22. The third kappa shape index (κ3) is 3.12. The maximum atomic E-state index is 5.82. The molecule has 0 aliphatic rings. The van der Waals surface area contributed by atoms with Gasteiger partial charge in [-0.2, -0.15) is 0 Å². The van der Waals surface area contributed by atoms with E-state index in [0.29, 0.717) is 0 Å². The molecule has 0 aliphatic heterocycles. The van der Waals surface area contributed by atoms with Gasteiger partial charge in [0.2, 0.25) is 0 Å². The monoisotopic (exact) mass is 196 g/mol. The van der Waals surface area contributed by atoms with E-state index < -0.39 is 0 Å². The van der Waals surface area contributed by atoms with Gasteiger partial charge in [-0.15, -0.1) is 0 Å². The largest absolute Gasteiger partial charge is 0.333 e. The van der Waals surface area contributed by atoms with Crippen LogP contribution in [0.25, 0.3) is 0 Å². The molecule has 0 bridgehead atoms. The zero-order valence-corrected chi connectivity index (χ0v) is 9.27. The predicted octanol–water partition coefficient (Wildman–Crippen LogP) is 0.855. The van der Waals surface area contributed by atoms with Crippen LogP contribution < -0.4 is 5.73 Å². The van der Waals surface area contributed by atoms with Crippen molar-refractivity contribution in [2.75, 3.05) is 20.6 Å². The van der Waals surface area contributed by atoms with E-state index in [0.717, 1.165) is 25.2 Å². The number of rotatable bonds is 5. The van der Waals surface area contributed by atoms with Crippen LogP contribution in [0.3, 0.4) is 0 Å². The SMILES string of the molecule is CC(N)c1cncn1CCCN(C)C. The Morgan fingerprint density at radius 3 is 2.86 bits per heavy atom. The van der Waals surface area contributed by atoms with Crippen LogP contribution in [0.4, 0.5) is 0 Å². The summed E-state index contributed by atoms with van der Waals surface area (Å²) >= 11 is 0. The molecule has 1 unspecified atom stereocenters. The molecule has 2 N–H and O–H groups in total. The second-order valence-corrected chi connectivity index (χ2v) is 3.96. The number of nitrogens with zero attached hydrogens (tertiary/aromatic N) is 3. The molecule has 0 amide bonds. The molecular weight excluding hydrogens is 176 g/mol. The molecule has 0 aromatic carbocycles. The molecule has 14 heavy (non-hydrogen) atoms. The molecule has 4 nitrogen and oxygen atoms in total. The van der Waals surface area contributed by atoms with Gasteiger partial charge in [0.1, 0.15) is 0 Å². The third-order valence-corrected chi connectivity index (χ3v) is 2.22. The molecule has 1 rings (SSSR count). The highest BCUT2D eigenvalue weighted by atomic mass is 15.1. The van der Waals surface area contributed by atoms with Crippen LogP contribution in [0.2, 0.25) is 0 Å². The van der Waals surface area contributed by atoms with Crippen molar-refractivity contribution in [2.45, 2.75) is 25.9 Å². The average Bonchev–Trinajstić information content (AvgIpc) is 2.51. The molecule has 0 saturated carbocycles. The van der Waals surface area contributed by atoms with Crippen LogP contribution in [0.5, 0.6) is 0 Å². The second kappa shape index (κ2) is 5.12. The van der Waals surface area contributed by atoms with Crippen molar-refractivity contribution in [3.05, 3.63) is 18.2 Å². The van der Waals surface area contributed by atoms with E-state index in [1.807, 2.05) is 19.4 Å². The Balaban J connectivity index is 2.46. The van der Waals surface area contributed by atoms with E-state index in [9.17, 15) is 0 Å². The van der Waals surface area contributed by atoms with E-state index in [2.05, 4.69) is 28.5 Å². The van der Waals surface area contributed by atoms with Crippen LogP contribution in [0.1, 0.15) is 25.1 Å². The topological polar surface area (TPSA) is 47.1 Å². The first-order valence-electron chi connectivity index (χ1n) is 5.01. The van der Waals surface area contributed by atoms with Crippen molar-refractivity contribution in [1.82, 2.24) is 14.5 Å².